The first kappa shape index (κ1) is 19.0. The third kappa shape index (κ3) is 4.09. The fourth-order valence-corrected chi connectivity index (χ4v) is 4.41. The zero-order chi connectivity index (χ0) is 20.4. The number of sulfonamides is 1. The van der Waals surface area contributed by atoms with Crippen LogP contribution in [0.15, 0.2) is 77.7 Å². The fourth-order valence-electron chi connectivity index (χ4n) is 3.30. The molecule has 3 aromatic rings. The number of hydrogen-bond acceptors (Lipinski definition) is 4. The van der Waals surface area contributed by atoms with Gasteiger partial charge in [-0.25, -0.2) is 8.42 Å². The van der Waals surface area contributed by atoms with Gasteiger partial charge >= 0.3 is 0 Å². The van der Waals surface area contributed by atoms with Crippen molar-refractivity contribution in [3.8, 4) is 11.5 Å². The third-order valence-corrected chi connectivity index (χ3v) is 6.10. The Morgan fingerprint density at radius 1 is 0.966 bits per heavy atom. The summed E-state index contributed by atoms with van der Waals surface area (Å²) in [6, 6.07) is 20.9. The normalized spacial score (nSPS) is 13.1. The van der Waals surface area contributed by atoms with Crippen molar-refractivity contribution in [2.45, 2.75) is 18.2 Å². The second-order valence-electron chi connectivity index (χ2n) is 6.76. The molecule has 1 heterocycles. The van der Waals surface area contributed by atoms with Crippen LogP contribution in [0.2, 0.25) is 0 Å². The molecule has 3 aromatic carbocycles. The number of anilines is 2. The number of amides is 1. The van der Waals surface area contributed by atoms with Crippen LogP contribution in [0.4, 0.5) is 11.4 Å². The summed E-state index contributed by atoms with van der Waals surface area (Å²) in [5, 5.41) is 0. The van der Waals surface area contributed by atoms with Gasteiger partial charge < -0.3 is 9.64 Å². The van der Waals surface area contributed by atoms with Crippen LogP contribution in [0.5, 0.6) is 11.5 Å². The molecule has 0 aliphatic carbocycles. The maximum absolute atomic E-state index is 12.8. The van der Waals surface area contributed by atoms with Crippen molar-refractivity contribution in [3.63, 3.8) is 0 Å². The predicted molar refractivity (Wildman–Crippen MR) is 112 cm³/mol. The summed E-state index contributed by atoms with van der Waals surface area (Å²) >= 11 is 0. The average molecular weight is 408 g/mol. The number of hydrogen-bond donors (Lipinski definition) is 1. The molecule has 0 saturated carbocycles. The standard InChI is InChI=1S/C22H20N2O4S/c1-16(25)24-14-13-17-15-21(11-12-22(17)24)29(26,27)23-18-7-9-20(10-8-18)28-19-5-3-2-4-6-19/h2-12,15,23H,13-14H2,1H3. The lowest BCUT2D eigenvalue weighted by Crippen LogP contribution is -2.25. The highest BCUT2D eigenvalue weighted by molar-refractivity contribution is 7.92. The molecule has 1 N–H and O–H groups in total. The van der Waals surface area contributed by atoms with Gasteiger partial charge in [0.25, 0.3) is 10.0 Å². The molecule has 29 heavy (non-hydrogen) atoms. The molecule has 0 radical (unpaired) electrons. The number of nitrogens with zero attached hydrogens (tertiary/aromatic N) is 1. The van der Waals surface area contributed by atoms with Crippen LogP contribution in [-0.4, -0.2) is 20.9 Å². The lowest BCUT2D eigenvalue weighted by atomic mass is 10.2. The minimum absolute atomic E-state index is 0.0460. The molecule has 0 bridgehead atoms. The van der Waals surface area contributed by atoms with Crippen molar-refractivity contribution in [1.82, 2.24) is 0 Å². The van der Waals surface area contributed by atoms with Gasteiger partial charge in [0.15, 0.2) is 0 Å². The van der Waals surface area contributed by atoms with Crippen molar-refractivity contribution in [3.05, 3.63) is 78.4 Å². The van der Waals surface area contributed by atoms with E-state index in [-0.39, 0.29) is 10.8 Å². The second kappa shape index (κ2) is 7.60. The van der Waals surface area contributed by atoms with E-state index in [9.17, 15) is 13.2 Å². The summed E-state index contributed by atoms with van der Waals surface area (Å²) in [5.74, 6) is 1.27. The molecule has 0 spiro atoms. The van der Waals surface area contributed by atoms with E-state index < -0.39 is 10.0 Å². The molecular weight excluding hydrogens is 388 g/mol. The van der Waals surface area contributed by atoms with Crippen LogP contribution < -0.4 is 14.4 Å². The van der Waals surface area contributed by atoms with Crippen LogP contribution in [0, 0.1) is 0 Å². The van der Waals surface area contributed by atoms with Crippen molar-refractivity contribution < 1.29 is 17.9 Å². The minimum atomic E-state index is -3.74. The average Bonchev–Trinajstić information content (AvgIpc) is 3.14. The van der Waals surface area contributed by atoms with Gasteiger partial charge in [0.2, 0.25) is 5.91 Å². The van der Waals surface area contributed by atoms with Crippen molar-refractivity contribution in [2.75, 3.05) is 16.2 Å². The summed E-state index contributed by atoms with van der Waals surface area (Å²) < 4.78 is 33.8. The lowest BCUT2D eigenvalue weighted by molar-refractivity contribution is -0.116. The Balaban J connectivity index is 1.50. The van der Waals surface area contributed by atoms with Crippen molar-refractivity contribution in [2.24, 2.45) is 0 Å². The van der Waals surface area contributed by atoms with Crippen LogP contribution in [0.3, 0.4) is 0 Å². The van der Waals surface area contributed by atoms with E-state index in [2.05, 4.69) is 4.72 Å². The number of benzene rings is 3. The van der Waals surface area contributed by atoms with Gasteiger partial charge in [-0.05, 0) is 66.6 Å². The fraction of sp³-hybridized carbons (Fsp3) is 0.136. The Morgan fingerprint density at radius 2 is 1.66 bits per heavy atom. The molecule has 0 aromatic heterocycles. The summed E-state index contributed by atoms with van der Waals surface area (Å²) in [7, 11) is -3.74. The first-order chi connectivity index (χ1) is 13.9. The molecule has 148 valence electrons. The monoisotopic (exact) mass is 408 g/mol. The lowest BCUT2D eigenvalue weighted by Gasteiger charge is -2.15. The maximum atomic E-state index is 12.8. The Kier molecular flexibility index (Phi) is 4.98. The second-order valence-corrected chi connectivity index (χ2v) is 8.44. The van der Waals surface area contributed by atoms with Gasteiger partial charge in [-0.2, -0.15) is 0 Å². The molecule has 1 aliphatic heterocycles. The largest absolute Gasteiger partial charge is 0.457 e. The van der Waals surface area contributed by atoms with Crippen LogP contribution in [0.25, 0.3) is 0 Å². The van der Waals surface area contributed by atoms with E-state index in [0.717, 1.165) is 11.3 Å². The molecule has 0 fully saturated rings. The maximum Gasteiger partial charge on any atom is 0.261 e. The highest BCUT2D eigenvalue weighted by atomic mass is 32.2. The summed E-state index contributed by atoms with van der Waals surface area (Å²) in [5.41, 5.74) is 2.07. The van der Waals surface area contributed by atoms with E-state index in [1.807, 2.05) is 30.3 Å². The number of carbonyl (C=O) groups excluding carboxylic acids is 1. The molecular formula is C22H20N2O4S. The molecule has 0 saturated heterocycles. The SMILES string of the molecule is CC(=O)N1CCc2cc(S(=O)(=O)Nc3ccc(Oc4ccccc4)cc3)ccc21. The first-order valence-electron chi connectivity index (χ1n) is 9.19. The Morgan fingerprint density at radius 3 is 2.34 bits per heavy atom. The molecule has 1 amide bonds. The summed E-state index contributed by atoms with van der Waals surface area (Å²) in [4.78, 5) is 13.5. The zero-order valence-electron chi connectivity index (χ0n) is 15.8. The van der Waals surface area contributed by atoms with Crippen molar-refractivity contribution >= 4 is 27.3 Å². The topological polar surface area (TPSA) is 75.7 Å². The predicted octanol–water partition coefficient (Wildman–Crippen LogP) is 4.19. The van der Waals surface area contributed by atoms with Gasteiger partial charge in [-0.1, -0.05) is 18.2 Å². The van der Waals surface area contributed by atoms with E-state index in [4.69, 9.17) is 4.74 Å². The van der Waals surface area contributed by atoms with E-state index in [0.29, 0.717) is 30.2 Å². The Hall–Kier alpha value is -3.32. The van der Waals surface area contributed by atoms with E-state index >= 15 is 0 Å². The van der Waals surface area contributed by atoms with Gasteiger partial charge in [0, 0.05) is 24.8 Å². The van der Waals surface area contributed by atoms with Gasteiger partial charge in [0.05, 0.1) is 4.90 Å². The van der Waals surface area contributed by atoms with E-state index in [1.54, 1.807) is 41.3 Å². The smallest absolute Gasteiger partial charge is 0.261 e. The van der Waals surface area contributed by atoms with Crippen molar-refractivity contribution in [1.29, 1.82) is 0 Å². The van der Waals surface area contributed by atoms with Crippen LogP contribution >= 0.6 is 0 Å². The Bertz CT molecular complexity index is 1140. The highest BCUT2D eigenvalue weighted by Crippen LogP contribution is 2.31. The first-order valence-corrected chi connectivity index (χ1v) is 10.7. The Labute approximate surface area is 169 Å². The number of nitrogens with one attached hydrogen (secondary N) is 1. The minimum Gasteiger partial charge on any atom is -0.457 e. The van der Waals surface area contributed by atoms with Gasteiger partial charge in [0.1, 0.15) is 11.5 Å². The molecule has 7 heteroatoms. The molecule has 1 aliphatic rings. The summed E-state index contributed by atoms with van der Waals surface area (Å²) in [6.45, 7) is 2.08. The number of carbonyl (C=O) groups is 1. The quantitative estimate of drug-likeness (QED) is 0.687. The molecule has 6 nitrogen and oxygen atoms in total. The van der Waals surface area contributed by atoms with E-state index in [1.165, 1.54) is 13.0 Å². The number of fused-ring (bicyclic) bond motifs is 1. The highest BCUT2D eigenvalue weighted by Gasteiger charge is 2.24. The molecule has 4 rings (SSSR count). The third-order valence-electron chi connectivity index (χ3n) is 4.72. The zero-order valence-corrected chi connectivity index (χ0v) is 16.6. The molecule has 0 atom stereocenters. The number of para-hydroxylation sites is 1. The van der Waals surface area contributed by atoms with Gasteiger partial charge in [-0.3, -0.25) is 9.52 Å². The summed E-state index contributed by atoms with van der Waals surface area (Å²) in [6.07, 6.45) is 0.643. The number of rotatable bonds is 5. The van der Waals surface area contributed by atoms with Gasteiger partial charge in [-0.15, -0.1) is 0 Å². The number of ether oxygens (including phenoxy) is 1. The van der Waals surface area contributed by atoms with Crippen LogP contribution in [-0.2, 0) is 21.2 Å². The molecule has 0 unspecified atom stereocenters. The van der Waals surface area contributed by atoms with Crippen LogP contribution in [0.1, 0.15) is 12.5 Å².